The van der Waals surface area contributed by atoms with E-state index in [9.17, 15) is 68.3 Å². The van der Waals surface area contributed by atoms with E-state index < -0.39 is 72.5 Å². The summed E-state index contributed by atoms with van der Waals surface area (Å²) in [4.78, 5) is 68.4. The van der Waals surface area contributed by atoms with Crippen LogP contribution < -0.4 is 0 Å². The van der Waals surface area contributed by atoms with Crippen molar-refractivity contribution in [3.8, 4) is 0 Å². The molecule has 3 aromatic rings. The molecular weight excluding hydrogens is 771 g/mol. The number of pyridine rings is 2. The quantitative estimate of drug-likeness (QED) is 0.167. The standard InChI is InChI=1S/C12H8N2.3C5H5F3O2.Eu/c1-3-9-5-6-10-4-2-8-14-12(10)11(9)13-7-1;3*1-3(9)2-4(10)5(6,7)8;/h1-8H;3*2H2,1H3;. The van der Waals surface area contributed by atoms with Gasteiger partial charge in [0.1, 0.15) is 17.3 Å². The van der Waals surface area contributed by atoms with E-state index in [2.05, 4.69) is 34.2 Å². The Balaban J connectivity index is 0. The van der Waals surface area contributed by atoms with E-state index in [1.54, 1.807) is 12.4 Å². The van der Waals surface area contributed by atoms with Crippen LogP contribution in [0.4, 0.5) is 39.5 Å². The van der Waals surface area contributed by atoms with Crippen LogP contribution in [0.5, 0.6) is 0 Å². The van der Waals surface area contributed by atoms with Gasteiger partial charge in [-0.15, -0.1) is 0 Å². The van der Waals surface area contributed by atoms with Crippen LogP contribution in [0, 0.1) is 49.4 Å². The number of benzene rings is 1. The first-order chi connectivity index (χ1) is 20.0. The Morgan fingerprint density at radius 3 is 0.933 bits per heavy atom. The van der Waals surface area contributed by atoms with Crippen LogP contribution in [0.15, 0.2) is 48.8 Å². The van der Waals surface area contributed by atoms with Gasteiger partial charge in [0.25, 0.3) is 0 Å². The van der Waals surface area contributed by atoms with E-state index in [-0.39, 0.29) is 49.4 Å². The van der Waals surface area contributed by atoms with Gasteiger partial charge in [0, 0.05) is 72.5 Å². The molecule has 0 N–H and O–H groups in total. The molecule has 0 aliphatic rings. The van der Waals surface area contributed by atoms with Crippen molar-refractivity contribution >= 4 is 56.5 Å². The smallest absolute Gasteiger partial charge is 0.300 e. The second kappa shape index (κ2) is 19.5. The third-order valence-corrected chi connectivity index (χ3v) is 4.52. The molecule has 3 rings (SSSR count). The molecule has 0 amide bonds. The molecule has 0 atom stereocenters. The fourth-order valence-corrected chi connectivity index (χ4v) is 2.66. The average molecular weight is 794 g/mol. The third-order valence-electron chi connectivity index (χ3n) is 4.52. The predicted molar refractivity (Wildman–Crippen MR) is 136 cm³/mol. The van der Waals surface area contributed by atoms with Crippen molar-refractivity contribution < 1.29 is 118 Å². The Morgan fingerprint density at radius 2 is 0.756 bits per heavy atom. The second-order valence-corrected chi connectivity index (χ2v) is 8.61. The zero-order valence-electron chi connectivity index (χ0n) is 23.4. The molecule has 1 aromatic carbocycles. The Morgan fingerprint density at radius 1 is 0.511 bits per heavy atom. The number of ketones is 6. The normalized spacial score (nSPS) is 10.8. The van der Waals surface area contributed by atoms with E-state index in [1.807, 2.05) is 12.1 Å². The zero-order chi connectivity index (χ0) is 34.5. The summed E-state index contributed by atoms with van der Waals surface area (Å²) in [6, 6.07) is 12.1. The molecule has 1 radical (unpaired) electrons. The van der Waals surface area contributed by atoms with E-state index in [1.165, 1.54) is 0 Å². The van der Waals surface area contributed by atoms with Crippen molar-refractivity contribution in [3.05, 3.63) is 48.8 Å². The van der Waals surface area contributed by atoms with Gasteiger partial charge in [-0.1, -0.05) is 24.3 Å². The first-order valence-electron chi connectivity index (χ1n) is 11.8. The van der Waals surface area contributed by atoms with Gasteiger partial charge in [-0.2, -0.15) is 39.5 Å². The van der Waals surface area contributed by atoms with Crippen LogP contribution in [-0.4, -0.2) is 63.2 Å². The van der Waals surface area contributed by atoms with Gasteiger partial charge in [0.2, 0.25) is 17.3 Å². The molecule has 2 aromatic heterocycles. The number of carbonyl (C=O) groups excluding carboxylic acids is 6. The van der Waals surface area contributed by atoms with Crippen molar-refractivity contribution in [1.29, 1.82) is 0 Å². The maximum Gasteiger partial charge on any atom is 0.450 e. The number of rotatable bonds is 6. The first-order valence-corrected chi connectivity index (χ1v) is 11.8. The number of halogens is 9. The van der Waals surface area contributed by atoms with E-state index in [0.717, 1.165) is 42.6 Å². The number of alkyl halides is 9. The van der Waals surface area contributed by atoms with Crippen LogP contribution in [0.1, 0.15) is 40.0 Å². The van der Waals surface area contributed by atoms with Crippen LogP contribution in [0.2, 0.25) is 0 Å². The van der Waals surface area contributed by atoms with Gasteiger partial charge in [-0.05, 0) is 32.9 Å². The minimum absolute atomic E-state index is 0. The average Bonchev–Trinajstić information content (AvgIpc) is 2.87. The number of aromatic nitrogens is 2. The minimum atomic E-state index is -4.87. The summed E-state index contributed by atoms with van der Waals surface area (Å²) < 4.78 is 102. The molecule has 45 heavy (non-hydrogen) atoms. The number of hydrogen-bond donors (Lipinski definition) is 0. The Bertz CT molecular complexity index is 1360. The molecule has 0 unspecified atom stereocenters. The molecule has 0 aliphatic heterocycles. The molecule has 2 heterocycles. The number of fused-ring (bicyclic) bond motifs is 3. The minimum Gasteiger partial charge on any atom is -0.300 e. The van der Waals surface area contributed by atoms with E-state index in [4.69, 9.17) is 0 Å². The van der Waals surface area contributed by atoms with Crippen LogP contribution in [0.25, 0.3) is 21.8 Å². The Labute approximate surface area is 289 Å². The molecule has 0 saturated heterocycles. The van der Waals surface area contributed by atoms with Gasteiger partial charge < -0.3 is 0 Å². The van der Waals surface area contributed by atoms with Gasteiger partial charge in [-0.25, -0.2) is 0 Å². The number of Topliss-reactive ketones (excluding diaryl/α,β-unsaturated/α-hetero) is 6. The van der Waals surface area contributed by atoms with Crippen LogP contribution in [-0.2, 0) is 28.8 Å². The van der Waals surface area contributed by atoms with Crippen molar-refractivity contribution in [2.75, 3.05) is 0 Å². The molecule has 8 nitrogen and oxygen atoms in total. The third kappa shape index (κ3) is 18.5. The fourth-order valence-electron chi connectivity index (χ4n) is 2.66. The SMILES string of the molecule is CC(=O)CC(=O)C(F)(F)F.CC(=O)CC(=O)C(F)(F)F.CC(=O)CC(=O)C(F)(F)F.[Eu].c1cnc2c(c1)ccc1cccnc12. The Kier molecular flexibility index (Phi) is 19.1. The van der Waals surface area contributed by atoms with Crippen molar-refractivity contribution in [1.82, 2.24) is 9.97 Å². The summed E-state index contributed by atoms with van der Waals surface area (Å²) in [6.07, 6.45) is -14.2. The van der Waals surface area contributed by atoms with Gasteiger partial charge in [0.15, 0.2) is 0 Å². The summed E-state index contributed by atoms with van der Waals surface area (Å²) in [5, 5.41) is 2.28. The summed E-state index contributed by atoms with van der Waals surface area (Å²) in [5.74, 6) is -8.29. The molecule has 0 bridgehead atoms. The van der Waals surface area contributed by atoms with Gasteiger partial charge >= 0.3 is 18.5 Å². The number of hydrogen-bond acceptors (Lipinski definition) is 8. The topological polar surface area (TPSA) is 128 Å². The monoisotopic (exact) mass is 795 g/mol. The van der Waals surface area contributed by atoms with Crippen molar-refractivity contribution in [3.63, 3.8) is 0 Å². The zero-order valence-corrected chi connectivity index (χ0v) is 25.8. The molecule has 0 saturated carbocycles. The van der Waals surface area contributed by atoms with Gasteiger partial charge in [0.05, 0.1) is 30.3 Å². The first kappa shape index (κ1) is 44.1. The van der Waals surface area contributed by atoms with E-state index in [0.29, 0.717) is 0 Å². The number of carbonyl (C=O) groups is 6. The number of nitrogens with zero attached hydrogens (tertiary/aromatic N) is 2. The predicted octanol–water partition coefficient (Wildman–Crippen LogP) is 6.07. The Hall–Kier alpha value is -2.99. The molecule has 0 aliphatic carbocycles. The molecular formula is C27H23EuF9N2O6. The van der Waals surface area contributed by atoms with Crippen LogP contribution >= 0.6 is 0 Å². The maximum atomic E-state index is 11.3. The molecule has 0 fully saturated rings. The van der Waals surface area contributed by atoms with E-state index >= 15 is 0 Å². The maximum absolute atomic E-state index is 11.3. The molecule has 0 spiro atoms. The largest absolute Gasteiger partial charge is 0.450 e. The van der Waals surface area contributed by atoms with Crippen molar-refractivity contribution in [2.24, 2.45) is 0 Å². The summed E-state index contributed by atoms with van der Waals surface area (Å²) >= 11 is 0. The molecule has 247 valence electrons. The fraction of sp³-hybridized carbons (Fsp3) is 0.333. The molecule has 18 heteroatoms. The van der Waals surface area contributed by atoms with Crippen LogP contribution in [0.3, 0.4) is 0 Å². The summed E-state index contributed by atoms with van der Waals surface area (Å²) in [7, 11) is 0. The second-order valence-electron chi connectivity index (χ2n) is 8.61. The van der Waals surface area contributed by atoms with Gasteiger partial charge in [-0.3, -0.25) is 38.7 Å². The summed E-state index contributed by atoms with van der Waals surface area (Å²) in [6.45, 7) is 2.80. The summed E-state index contributed by atoms with van der Waals surface area (Å²) in [5.41, 5.74) is 1.95. The van der Waals surface area contributed by atoms with Crippen molar-refractivity contribution in [2.45, 2.75) is 58.6 Å².